The van der Waals surface area contributed by atoms with Crippen molar-refractivity contribution in [1.29, 1.82) is 0 Å². The van der Waals surface area contributed by atoms with E-state index in [0.29, 0.717) is 22.6 Å². The molecule has 6 nitrogen and oxygen atoms in total. The van der Waals surface area contributed by atoms with Gasteiger partial charge in [-0.3, -0.25) is 0 Å². The van der Waals surface area contributed by atoms with Gasteiger partial charge in [0.05, 0.1) is 17.6 Å². The standard InChI is InChI=1S/C23H31NO5S/c1-5-7-12-24(13-8-6-2)20-15-18(23(25)26)16-21(30(4,27)28)22(20)17-10-9-11-19(14-17)29-3/h9-11,14-16H,5-8,12-13H2,1-4H3,(H,25,26). The van der Waals surface area contributed by atoms with Gasteiger partial charge in [-0.25, -0.2) is 13.2 Å². The molecule has 0 bridgehead atoms. The van der Waals surface area contributed by atoms with Crippen molar-refractivity contribution in [2.75, 3.05) is 31.4 Å². The molecule has 0 saturated carbocycles. The molecule has 2 aromatic rings. The van der Waals surface area contributed by atoms with Crippen LogP contribution < -0.4 is 9.64 Å². The zero-order chi connectivity index (χ0) is 22.3. The highest BCUT2D eigenvalue weighted by Gasteiger charge is 2.25. The summed E-state index contributed by atoms with van der Waals surface area (Å²) in [6.45, 7) is 5.63. The molecule has 0 heterocycles. The van der Waals surface area contributed by atoms with Crippen LogP contribution in [0.15, 0.2) is 41.3 Å². The first kappa shape index (κ1) is 23.7. The average Bonchev–Trinajstić information content (AvgIpc) is 2.72. The maximum Gasteiger partial charge on any atom is 0.335 e. The fraction of sp³-hybridized carbons (Fsp3) is 0.435. The molecule has 30 heavy (non-hydrogen) atoms. The smallest absolute Gasteiger partial charge is 0.335 e. The number of carboxylic acid groups (broad SMARTS) is 1. The highest BCUT2D eigenvalue weighted by atomic mass is 32.2. The Balaban J connectivity index is 2.87. The third kappa shape index (κ3) is 5.75. The first-order chi connectivity index (χ1) is 14.2. The lowest BCUT2D eigenvalue weighted by atomic mass is 9.99. The summed E-state index contributed by atoms with van der Waals surface area (Å²) in [6.07, 6.45) is 4.92. The molecule has 0 atom stereocenters. The van der Waals surface area contributed by atoms with Gasteiger partial charge in [-0.1, -0.05) is 38.8 Å². The van der Waals surface area contributed by atoms with Crippen LogP contribution in [0.5, 0.6) is 5.75 Å². The molecule has 0 spiro atoms. The molecule has 2 aromatic carbocycles. The molecule has 0 amide bonds. The zero-order valence-electron chi connectivity index (χ0n) is 18.1. The number of aromatic carboxylic acids is 1. The number of methoxy groups -OCH3 is 1. The second-order valence-corrected chi connectivity index (χ2v) is 9.36. The average molecular weight is 434 g/mol. The lowest BCUT2D eigenvalue weighted by Gasteiger charge is -2.29. The summed E-state index contributed by atoms with van der Waals surface area (Å²) >= 11 is 0. The van der Waals surface area contributed by atoms with Gasteiger partial charge in [0.2, 0.25) is 0 Å². The topological polar surface area (TPSA) is 83.9 Å². The summed E-state index contributed by atoms with van der Waals surface area (Å²) in [5.74, 6) is -0.543. The van der Waals surface area contributed by atoms with Crippen molar-refractivity contribution in [3.05, 3.63) is 42.0 Å². The van der Waals surface area contributed by atoms with E-state index >= 15 is 0 Å². The maximum absolute atomic E-state index is 12.7. The summed E-state index contributed by atoms with van der Waals surface area (Å²) in [5.41, 5.74) is 1.80. The quantitative estimate of drug-likeness (QED) is 0.544. The Hall–Kier alpha value is -2.54. The van der Waals surface area contributed by atoms with Gasteiger partial charge >= 0.3 is 5.97 Å². The van der Waals surface area contributed by atoms with Crippen LogP contribution in [0.4, 0.5) is 5.69 Å². The predicted molar refractivity (Wildman–Crippen MR) is 121 cm³/mol. The number of rotatable bonds is 11. The van der Waals surface area contributed by atoms with Crippen molar-refractivity contribution in [3.8, 4) is 16.9 Å². The van der Waals surface area contributed by atoms with Gasteiger partial charge in [0.25, 0.3) is 0 Å². The monoisotopic (exact) mass is 433 g/mol. The highest BCUT2D eigenvalue weighted by molar-refractivity contribution is 7.90. The van der Waals surface area contributed by atoms with Crippen LogP contribution in [0, 0.1) is 0 Å². The largest absolute Gasteiger partial charge is 0.497 e. The van der Waals surface area contributed by atoms with Gasteiger partial charge in [0, 0.05) is 30.6 Å². The number of hydrogen-bond donors (Lipinski definition) is 1. The maximum atomic E-state index is 12.7. The molecule has 0 aliphatic rings. The van der Waals surface area contributed by atoms with Gasteiger partial charge in [0.15, 0.2) is 9.84 Å². The van der Waals surface area contributed by atoms with Crippen molar-refractivity contribution in [2.45, 2.75) is 44.4 Å². The summed E-state index contributed by atoms with van der Waals surface area (Å²) < 4.78 is 30.8. The fourth-order valence-electron chi connectivity index (χ4n) is 3.39. The van der Waals surface area contributed by atoms with E-state index in [1.165, 1.54) is 6.07 Å². The SMILES string of the molecule is CCCCN(CCCC)c1cc(C(=O)O)cc(S(C)(=O)=O)c1-c1cccc(OC)c1. The number of nitrogens with zero attached hydrogens (tertiary/aromatic N) is 1. The Morgan fingerprint density at radius 3 is 2.20 bits per heavy atom. The Kier molecular flexibility index (Phi) is 8.29. The minimum Gasteiger partial charge on any atom is -0.497 e. The van der Waals surface area contributed by atoms with E-state index in [1.807, 2.05) is 6.07 Å². The number of carbonyl (C=O) groups is 1. The molecular weight excluding hydrogens is 402 g/mol. The van der Waals surface area contributed by atoms with Gasteiger partial charge in [-0.2, -0.15) is 0 Å². The zero-order valence-corrected chi connectivity index (χ0v) is 19.0. The Bertz CT molecular complexity index is 977. The van der Waals surface area contributed by atoms with Crippen LogP contribution in [-0.4, -0.2) is 45.9 Å². The molecule has 0 aliphatic carbocycles. The number of benzene rings is 2. The number of hydrogen-bond acceptors (Lipinski definition) is 5. The number of carboxylic acids is 1. The van der Waals surface area contributed by atoms with Gasteiger partial charge in [-0.05, 0) is 42.7 Å². The molecule has 2 rings (SSSR count). The molecule has 0 saturated heterocycles. The van der Waals surface area contributed by atoms with Crippen LogP contribution in [0.3, 0.4) is 0 Å². The van der Waals surface area contributed by atoms with Gasteiger partial charge in [-0.15, -0.1) is 0 Å². The molecule has 164 valence electrons. The number of anilines is 1. The second-order valence-electron chi connectivity index (χ2n) is 7.37. The number of ether oxygens (including phenoxy) is 1. The van der Waals surface area contributed by atoms with Crippen molar-refractivity contribution in [2.24, 2.45) is 0 Å². The van der Waals surface area contributed by atoms with E-state index in [4.69, 9.17) is 4.74 Å². The molecule has 7 heteroatoms. The normalized spacial score (nSPS) is 11.3. The minimum atomic E-state index is -3.69. The third-order valence-corrected chi connectivity index (χ3v) is 6.11. The number of sulfone groups is 1. The van der Waals surface area contributed by atoms with E-state index in [1.54, 1.807) is 31.4 Å². The highest BCUT2D eigenvalue weighted by Crippen LogP contribution is 2.39. The Morgan fingerprint density at radius 1 is 1.07 bits per heavy atom. The van der Waals surface area contributed by atoms with Crippen LogP contribution >= 0.6 is 0 Å². The van der Waals surface area contributed by atoms with Crippen LogP contribution in [-0.2, 0) is 9.84 Å². The van der Waals surface area contributed by atoms with E-state index in [9.17, 15) is 18.3 Å². The third-order valence-electron chi connectivity index (χ3n) is 4.99. The molecule has 0 aliphatic heterocycles. The summed E-state index contributed by atoms with van der Waals surface area (Å²) in [5, 5.41) is 9.64. The van der Waals surface area contributed by atoms with Crippen molar-refractivity contribution in [3.63, 3.8) is 0 Å². The first-order valence-corrected chi connectivity index (χ1v) is 12.1. The first-order valence-electron chi connectivity index (χ1n) is 10.2. The Labute approximate surface area is 179 Å². The molecule has 0 aromatic heterocycles. The van der Waals surface area contributed by atoms with Crippen LogP contribution in [0.2, 0.25) is 0 Å². The number of unbranched alkanes of at least 4 members (excludes halogenated alkanes) is 2. The second kappa shape index (κ2) is 10.5. The van der Waals surface area contributed by atoms with E-state index in [0.717, 1.165) is 45.0 Å². The molecule has 0 unspecified atom stereocenters. The van der Waals surface area contributed by atoms with Crippen LogP contribution in [0.25, 0.3) is 11.1 Å². The van der Waals surface area contributed by atoms with Crippen LogP contribution in [0.1, 0.15) is 49.9 Å². The summed E-state index contributed by atoms with van der Waals surface area (Å²) in [7, 11) is -2.13. The summed E-state index contributed by atoms with van der Waals surface area (Å²) in [6, 6.07) is 10.1. The fourth-order valence-corrected chi connectivity index (χ4v) is 4.32. The Morgan fingerprint density at radius 2 is 1.70 bits per heavy atom. The van der Waals surface area contributed by atoms with Gasteiger partial charge < -0.3 is 14.7 Å². The molecule has 0 radical (unpaired) electrons. The van der Waals surface area contributed by atoms with E-state index < -0.39 is 15.8 Å². The predicted octanol–water partition coefficient (Wildman–Crippen LogP) is 4.87. The lowest BCUT2D eigenvalue weighted by Crippen LogP contribution is -2.27. The lowest BCUT2D eigenvalue weighted by molar-refractivity contribution is 0.0696. The molecule has 0 fully saturated rings. The summed E-state index contributed by atoms with van der Waals surface area (Å²) in [4.78, 5) is 13.9. The van der Waals surface area contributed by atoms with Crippen molar-refractivity contribution < 1.29 is 23.1 Å². The minimum absolute atomic E-state index is 0.0173. The molecule has 1 N–H and O–H groups in total. The van der Waals surface area contributed by atoms with E-state index in [2.05, 4.69) is 18.7 Å². The van der Waals surface area contributed by atoms with E-state index in [-0.39, 0.29) is 10.5 Å². The molecular formula is C23H31NO5S. The van der Waals surface area contributed by atoms with Crippen molar-refractivity contribution >= 4 is 21.5 Å². The van der Waals surface area contributed by atoms with Crippen molar-refractivity contribution in [1.82, 2.24) is 0 Å². The van der Waals surface area contributed by atoms with Gasteiger partial charge in [0.1, 0.15) is 5.75 Å².